The van der Waals surface area contributed by atoms with E-state index in [0.717, 1.165) is 5.56 Å². The highest BCUT2D eigenvalue weighted by Crippen LogP contribution is 2.56. The van der Waals surface area contributed by atoms with E-state index in [1.54, 1.807) is 115 Å². The molecule has 17 nitrogen and oxygen atoms in total. The molecule has 392 valence electrons. The van der Waals surface area contributed by atoms with Gasteiger partial charge in [0.05, 0.1) is 30.3 Å². The van der Waals surface area contributed by atoms with Crippen molar-refractivity contribution < 1.29 is 83.5 Å². The fraction of sp³-hybridized carbons (Fsp3) is 0.351. The third-order valence-electron chi connectivity index (χ3n) is 13.2. The number of ketones is 1. The Morgan fingerprint density at radius 3 is 1.16 bits per heavy atom. The molecular weight excluding hydrogens is 957 g/mol. The highest BCUT2D eigenvalue weighted by atomic mass is 16.7. The Hall–Kier alpha value is -6.29. The van der Waals surface area contributed by atoms with E-state index in [9.17, 15) is 40.9 Å². The number of methoxy groups -OCH3 is 2. The van der Waals surface area contributed by atoms with Crippen LogP contribution in [0.1, 0.15) is 67.4 Å². The van der Waals surface area contributed by atoms with Gasteiger partial charge in [-0.25, -0.2) is 0 Å². The molecule has 8 N–H and O–H groups in total. The lowest BCUT2D eigenvalue weighted by Gasteiger charge is -2.43. The average molecular weight is 1020 g/mol. The van der Waals surface area contributed by atoms with Crippen LogP contribution in [0, 0.1) is 0 Å². The van der Waals surface area contributed by atoms with Crippen LogP contribution in [0.2, 0.25) is 0 Å². The molecule has 0 amide bonds. The molecule has 2 aliphatic rings. The molecule has 8 rings (SSSR count). The number of Topliss-reactive ketones (excluding diaryl/α,β-unsaturated/α-hetero) is 1. The van der Waals surface area contributed by atoms with Crippen LogP contribution < -0.4 is 18.9 Å². The molecule has 0 spiro atoms. The van der Waals surface area contributed by atoms with Crippen molar-refractivity contribution in [2.75, 3.05) is 27.4 Å². The van der Waals surface area contributed by atoms with Crippen molar-refractivity contribution in [3.8, 4) is 23.0 Å². The van der Waals surface area contributed by atoms with Crippen molar-refractivity contribution in [2.45, 2.75) is 99.7 Å². The lowest BCUT2D eigenvalue weighted by molar-refractivity contribution is -0.234. The van der Waals surface area contributed by atoms with Crippen LogP contribution in [-0.4, -0.2) is 129 Å². The minimum atomic E-state index is -2.03. The van der Waals surface area contributed by atoms with Gasteiger partial charge in [0.15, 0.2) is 12.1 Å². The Labute approximate surface area is 428 Å². The van der Waals surface area contributed by atoms with E-state index >= 15 is 4.79 Å². The van der Waals surface area contributed by atoms with Crippen LogP contribution in [0.25, 0.3) is 0 Å². The number of aliphatic hydroxyl groups is 8. The van der Waals surface area contributed by atoms with Gasteiger partial charge in [-0.05, 0) is 39.9 Å². The Balaban J connectivity index is 1.46. The molecule has 17 heteroatoms. The molecule has 0 saturated carbocycles. The van der Waals surface area contributed by atoms with E-state index in [1.165, 1.54) is 14.2 Å². The standard InChI is InChI=1S/C57H62O17/c1-67-57(68-2)41(37-23-25-38(26-24-37)69-29-33-15-7-3-8-16-33)47(62)42-52(70-30-34-17-9-4-10-18-34)43(55-50(65)48(63)45(60)39(27-58)73-55)54(72-32-36-21-13-6-14-22-36)44(53(42)71-31-35-19-11-5-12-20-35)56-51(66)49(64)46(61)40(28-59)74-56/h3-26,39-41,45-46,48-51,55-61,63-66H,27-32H2,1-2H3/t39-,40-,41?,45-,46-,48+,49+,50-,51-,55+,56+/m1/s1. The van der Waals surface area contributed by atoms with Gasteiger partial charge in [0, 0.05) is 14.2 Å². The molecule has 2 aliphatic heterocycles. The zero-order chi connectivity index (χ0) is 52.3. The maximum absolute atomic E-state index is 16.5. The number of hydrogen-bond acceptors (Lipinski definition) is 17. The molecule has 0 radical (unpaired) electrons. The van der Waals surface area contributed by atoms with Crippen LogP contribution in [-0.2, 0) is 45.4 Å². The van der Waals surface area contributed by atoms with Gasteiger partial charge in [0.25, 0.3) is 0 Å². The summed E-state index contributed by atoms with van der Waals surface area (Å²) in [6, 6.07) is 42.9. The van der Waals surface area contributed by atoms with Crippen LogP contribution in [0.3, 0.4) is 0 Å². The van der Waals surface area contributed by atoms with Crippen LogP contribution in [0.5, 0.6) is 23.0 Å². The van der Waals surface area contributed by atoms with Gasteiger partial charge in [0.2, 0.25) is 0 Å². The normalized spacial score (nSPS) is 24.3. The van der Waals surface area contributed by atoms with Crippen LogP contribution >= 0.6 is 0 Å². The second-order valence-electron chi connectivity index (χ2n) is 18.0. The molecule has 6 aromatic rings. The molecule has 74 heavy (non-hydrogen) atoms. The number of benzene rings is 6. The molecule has 6 aromatic carbocycles. The third-order valence-corrected chi connectivity index (χ3v) is 13.2. The SMILES string of the molecule is COC(OC)C(C(=O)c1c(OCc2ccccc2)c([C@@H]2O[C@H](CO)[C@@H](O)[C@H](O)[C@H]2O)c(OCc2ccccc2)c([C@@H]2O[C@H](CO)[C@@H](O)[C@H](O)[C@H]2O)c1OCc1ccccc1)c1ccc(OCc2ccccc2)cc1. The topological polar surface area (TPSA) is 253 Å². The molecule has 0 aromatic heterocycles. The molecule has 2 fully saturated rings. The number of carbonyl (C=O) groups excluding carboxylic acids is 1. The van der Waals surface area contributed by atoms with E-state index in [0.29, 0.717) is 28.0 Å². The molecular formula is C57H62O17. The summed E-state index contributed by atoms with van der Waals surface area (Å²) in [7, 11) is 2.70. The highest BCUT2D eigenvalue weighted by molar-refractivity contribution is 6.07. The molecule has 1 unspecified atom stereocenters. The summed E-state index contributed by atoms with van der Waals surface area (Å²) < 4.78 is 51.1. The van der Waals surface area contributed by atoms with Crippen molar-refractivity contribution in [1.29, 1.82) is 0 Å². The zero-order valence-electron chi connectivity index (χ0n) is 40.8. The molecule has 2 heterocycles. The fourth-order valence-corrected chi connectivity index (χ4v) is 9.26. The number of ether oxygens (including phenoxy) is 8. The Morgan fingerprint density at radius 1 is 0.459 bits per heavy atom. The van der Waals surface area contributed by atoms with Gasteiger partial charge < -0.3 is 78.7 Å². The summed E-state index contributed by atoms with van der Waals surface area (Å²) in [6.07, 6.45) is -19.6. The summed E-state index contributed by atoms with van der Waals surface area (Å²) in [4.78, 5) is 16.5. The largest absolute Gasteiger partial charge is 0.489 e. The second-order valence-corrected chi connectivity index (χ2v) is 18.0. The number of carbonyl (C=O) groups is 1. The van der Waals surface area contributed by atoms with Crippen molar-refractivity contribution in [1.82, 2.24) is 0 Å². The number of aliphatic hydroxyl groups excluding tert-OH is 8. The van der Waals surface area contributed by atoms with E-state index < -0.39 is 92.2 Å². The minimum absolute atomic E-state index is 0.253. The van der Waals surface area contributed by atoms with Gasteiger partial charge in [-0.2, -0.15) is 0 Å². The predicted molar refractivity (Wildman–Crippen MR) is 266 cm³/mol. The summed E-state index contributed by atoms with van der Waals surface area (Å²) >= 11 is 0. The molecule has 2 saturated heterocycles. The van der Waals surface area contributed by atoms with Crippen LogP contribution in [0.15, 0.2) is 146 Å². The number of hydrogen-bond donors (Lipinski definition) is 8. The third kappa shape index (κ3) is 12.0. The zero-order valence-corrected chi connectivity index (χ0v) is 40.8. The first kappa shape index (κ1) is 54.0. The Bertz CT molecular complexity index is 2580. The molecule has 0 bridgehead atoms. The van der Waals surface area contributed by atoms with Gasteiger partial charge in [-0.3, -0.25) is 4.79 Å². The first-order valence-corrected chi connectivity index (χ1v) is 24.2. The number of rotatable bonds is 22. The smallest absolute Gasteiger partial charge is 0.182 e. The summed E-state index contributed by atoms with van der Waals surface area (Å²) in [5, 5.41) is 90.8. The predicted octanol–water partition coefficient (Wildman–Crippen LogP) is 4.62. The van der Waals surface area contributed by atoms with Crippen LogP contribution in [0.4, 0.5) is 0 Å². The van der Waals surface area contributed by atoms with Crippen molar-refractivity contribution >= 4 is 5.78 Å². The first-order chi connectivity index (χ1) is 36.0. The Morgan fingerprint density at radius 2 is 0.811 bits per heavy atom. The van der Waals surface area contributed by atoms with Gasteiger partial charge in [0.1, 0.15) is 116 Å². The van der Waals surface area contributed by atoms with Crippen molar-refractivity contribution in [3.63, 3.8) is 0 Å². The summed E-state index contributed by atoms with van der Waals surface area (Å²) in [5.74, 6) is -2.69. The van der Waals surface area contributed by atoms with Crippen molar-refractivity contribution in [3.05, 3.63) is 190 Å². The van der Waals surface area contributed by atoms with E-state index in [2.05, 4.69) is 0 Å². The fourth-order valence-electron chi connectivity index (χ4n) is 9.26. The lowest BCUT2D eigenvalue weighted by Crippen LogP contribution is -2.56. The average Bonchev–Trinajstić information content (AvgIpc) is 3.45. The Kier molecular flexibility index (Phi) is 18.5. The quantitative estimate of drug-likeness (QED) is 0.0341. The van der Waals surface area contributed by atoms with Gasteiger partial charge >= 0.3 is 0 Å². The second kappa shape index (κ2) is 25.3. The minimum Gasteiger partial charge on any atom is -0.489 e. The van der Waals surface area contributed by atoms with Gasteiger partial charge in [-0.1, -0.05) is 133 Å². The molecule has 0 aliphatic carbocycles. The highest BCUT2D eigenvalue weighted by Gasteiger charge is 2.52. The van der Waals surface area contributed by atoms with E-state index in [1.807, 2.05) is 30.3 Å². The van der Waals surface area contributed by atoms with Crippen molar-refractivity contribution in [2.24, 2.45) is 0 Å². The summed E-state index contributed by atoms with van der Waals surface area (Å²) in [6.45, 7) is -2.19. The van der Waals surface area contributed by atoms with E-state index in [-0.39, 0.29) is 60.4 Å². The maximum atomic E-state index is 16.5. The van der Waals surface area contributed by atoms with Gasteiger partial charge in [-0.15, -0.1) is 0 Å². The molecule has 11 atom stereocenters. The maximum Gasteiger partial charge on any atom is 0.182 e. The van der Waals surface area contributed by atoms with E-state index in [4.69, 9.17) is 37.9 Å². The summed E-state index contributed by atoms with van der Waals surface area (Å²) in [5.41, 5.74) is 2.18. The first-order valence-electron chi connectivity index (χ1n) is 24.2. The monoisotopic (exact) mass is 1020 g/mol. The lowest BCUT2D eigenvalue weighted by atomic mass is 9.81.